The average molecular weight is 254 g/mol. The van der Waals surface area contributed by atoms with Gasteiger partial charge in [-0.25, -0.2) is 0 Å². The zero-order chi connectivity index (χ0) is 12.9. The van der Waals surface area contributed by atoms with E-state index < -0.39 is 12.6 Å². The Kier molecular flexibility index (Phi) is 5.69. The van der Waals surface area contributed by atoms with Crippen molar-refractivity contribution in [3.8, 4) is 0 Å². The molecule has 2 unspecified atom stereocenters. The molecule has 0 aromatic heterocycles. The lowest BCUT2D eigenvalue weighted by Crippen LogP contribution is -2.46. The van der Waals surface area contributed by atoms with Crippen molar-refractivity contribution in [2.24, 2.45) is 5.92 Å². The van der Waals surface area contributed by atoms with E-state index in [9.17, 15) is 13.2 Å². The SMILES string of the molecule is CNC1CCOCC1CN(C)CCC(F)(F)F. The molecule has 0 aromatic carbocycles. The second-order valence-corrected chi connectivity index (χ2v) is 4.65. The molecule has 0 spiro atoms. The number of halogens is 3. The van der Waals surface area contributed by atoms with Crippen LogP contribution in [0.4, 0.5) is 13.2 Å². The molecule has 1 N–H and O–H groups in total. The third-order valence-corrected chi connectivity index (χ3v) is 3.17. The lowest BCUT2D eigenvalue weighted by molar-refractivity contribution is -0.137. The fraction of sp³-hybridized carbons (Fsp3) is 1.00. The Morgan fingerprint density at radius 2 is 2.12 bits per heavy atom. The zero-order valence-corrected chi connectivity index (χ0v) is 10.4. The van der Waals surface area contributed by atoms with E-state index in [2.05, 4.69) is 5.32 Å². The van der Waals surface area contributed by atoms with Crippen LogP contribution in [0.5, 0.6) is 0 Å². The van der Waals surface area contributed by atoms with E-state index in [1.54, 1.807) is 11.9 Å². The molecule has 102 valence electrons. The van der Waals surface area contributed by atoms with Gasteiger partial charge in [0.2, 0.25) is 0 Å². The molecule has 2 atom stereocenters. The van der Waals surface area contributed by atoms with E-state index in [0.717, 1.165) is 13.0 Å². The topological polar surface area (TPSA) is 24.5 Å². The third kappa shape index (κ3) is 5.70. The number of rotatable bonds is 5. The summed E-state index contributed by atoms with van der Waals surface area (Å²) in [4.78, 5) is 1.73. The van der Waals surface area contributed by atoms with Crippen LogP contribution in [0.2, 0.25) is 0 Å². The molecule has 0 aromatic rings. The number of alkyl halides is 3. The van der Waals surface area contributed by atoms with Gasteiger partial charge in [-0.15, -0.1) is 0 Å². The molecule has 3 nitrogen and oxygen atoms in total. The molecule has 6 heteroatoms. The summed E-state index contributed by atoms with van der Waals surface area (Å²) in [5.41, 5.74) is 0. The van der Waals surface area contributed by atoms with Crippen molar-refractivity contribution in [1.29, 1.82) is 0 Å². The van der Waals surface area contributed by atoms with Crippen LogP contribution >= 0.6 is 0 Å². The first-order valence-electron chi connectivity index (χ1n) is 5.92. The lowest BCUT2D eigenvalue weighted by atomic mass is 9.95. The van der Waals surface area contributed by atoms with E-state index in [-0.39, 0.29) is 12.5 Å². The molecule has 0 aliphatic carbocycles. The Hall–Kier alpha value is -0.330. The molecule has 1 saturated heterocycles. The molecule has 1 fully saturated rings. The standard InChI is InChI=1S/C11H21F3N2O/c1-15-10-3-6-17-8-9(10)7-16(2)5-4-11(12,13)14/h9-10,15H,3-8H2,1-2H3. The van der Waals surface area contributed by atoms with Gasteiger partial charge in [0.25, 0.3) is 0 Å². The molecule has 17 heavy (non-hydrogen) atoms. The van der Waals surface area contributed by atoms with Gasteiger partial charge in [0.05, 0.1) is 13.0 Å². The maximum atomic E-state index is 12.1. The highest BCUT2D eigenvalue weighted by atomic mass is 19.4. The van der Waals surface area contributed by atoms with Gasteiger partial charge < -0.3 is 15.0 Å². The van der Waals surface area contributed by atoms with Gasteiger partial charge >= 0.3 is 6.18 Å². The van der Waals surface area contributed by atoms with Gasteiger partial charge in [0.15, 0.2) is 0 Å². The fourth-order valence-corrected chi connectivity index (χ4v) is 2.17. The third-order valence-electron chi connectivity index (χ3n) is 3.17. The predicted molar refractivity (Wildman–Crippen MR) is 59.9 cm³/mol. The van der Waals surface area contributed by atoms with Crippen LogP contribution in [0.15, 0.2) is 0 Å². The van der Waals surface area contributed by atoms with Crippen molar-refractivity contribution in [3.05, 3.63) is 0 Å². The van der Waals surface area contributed by atoms with Gasteiger partial charge in [-0.1, -0.05) is 0 Å². The van der Waals surface area contributed by atoms with Gasteiger partial charge in [0.1, 0.15) is 0 Å². The Bertz CT molecular complexity index is 223. The maximum absolute atomic E-state index is 12.1. The van der Waals surface area contributed by atoms with Crippen molar-refractivity contribution in [2.45, 2.75) is 25.1 Å². The highest BCUT2D eigenvalue weighted by molar-refractivity contribution is 4.80. The Morgan fingerprint density at radius 3 is 2.71 bits per heavy atom. The molecule has 0 radical (unpaired) electrons. The van der Waals surface area contributed by atoms with E-state index in [4.69, 9.17) is 4.74 Å². The maximum Gasteiger partial charge on any atom is 0.390 e. The predicted octanol–water partition coefficient (Wildman–Crippen LogP) is 1.50. The van der Waals surface area contributed by atoms with Crippen LogP contribution in [-0.2, 0) is 4.74 Å². The van der Waals surface area contributed by atoms with Crippen molar-refractivity contribution < 1.29 is 17.9 Å². The van der Waals surface area contributed by atoms with Crippen LogP contribution in [0, 0.1) is 5.92 Å². The fourth-order valence-electron chi connectivity index (χ4n) is 2.17. The molecular formula is C11H21F3N2O. The molecule has 1 heterocycles. The number of nitrogens with one attached hydrogen (secondary N) is 1. The van der Waals surface area contributed by atoms with E-state index in [0.29, 0.717) is 19.2 Å². The van der Waals surface area contributed by atoms with E-state index >= 15 is 0 Å². The normalized spacial score (nSPS) is 26.5. The van der Waals surface area contributed by atoms with Gasteiger partial charge in [0, 0.05) is 31.7 Å². The Morgan fingerprint density at radius 1 is 1.41 bits per heavy atom. The van der Waals surface area contributed by atoms with Crippen LogP contribution in [0.25, 0.3) is 0 Å². The Balaban J connectivity index is 2.31. The van der Waals surface area contributed by atoms with E-state index in [1.165, 1.54) is 0 Å². The smallest absolute Gasteiger partial charge is 0.381 e. The first-order chi connectivity index (χ1) is 7.92. The summed E-state index contributed by atoms with van der Waals surface area (Å²) in [6, 6.07) is 0.345. The van der Waals surface area contributed by atoms with Crippen LogP contribution in [-0.4, -0.2) is 57.5 Å². The van der Waals surface area contributed by atoms with E-state index in [1.807, 2.05) is 7.05 Å². The van der Waals surface area contributed by atoms with Crippen LogP contribution in [0.1, 0.15) is 12.8 Å². The first-order valence-corrected chi connectivity index (χ1v) is 5.92. The summed E-state index contributed by atoms with van der Waals surface area (Å²) in [5, 5.41) is 3.20. The van der Waals surface area contributed by atoms with Crippen LogP contribution < -0.4 is 5.32 Å². The van der Waals surface area contributed by atoms with Crippen molar-refractivity contribution in [1.82, 2.24) is 10.2 Å². The number of ether oxygens (including phenoxy) is 1. The highest BCUT2D eigenvalue weighted by Crippen LogP contribution is 2.20. The summed E-state index contributed by atoms with van der Waals surface area (Å²) in [7, 11) is 3.62. The molecule has 0 bridgehead atoms. The van der Waals surface area contributed by atoms with Crippen molar-refractivity contribution in [3.63, 3.8) is 0 Å². The minimum atomic E-state index is -4.07. The molecule has 1 aliphatic heterocycles. The molecular weight excluding hydrogens is 233 g/mol. The highest BCUT2D eigenvalue weighted by Gasteiger charge is 2.29. The largest absolute Gasteiger partial charge is 0.390 e. The number of nitrogens with zero attached hydrogens (tertiary/aromatic N) is 1. The number of hydrogen-bond acceptors (Lipinski definition) is 3. The summed E-state index contributed by atoms with van der Waals surface area (Å²) >= 11 is 0. The lowest BCUT2D eigenvalue weighted by Gasteiger charge is -2.34. The molecule has 0 saturated carbocycles. The second-order valence-electron chi connectivity index (χ2n) is 4.65. The van der Waals surface area contributed by atoms with Crippen molar-refractivity contribution >= 4 is 0 Å². The summed E-state index contributed by atoms with van der Waals surface area (Å²) < 4.78 is 41.6. The van der Waals surface area contributed by atoms with Crippen LogP contribution in [0.3, 0.4) is 0 Å². The summed E-state index contributed by atoms with van der Waals surface area (Å²) in [6.45, 7) is 2.05. The quantitative estimate of drug-likeness (QED) is 0.804. The minimum absolute atomic E-state index is 0.0520. The molecule has 1 aliphatic rings. The summed E-state index contributed by atoms with van der Waals surface area (Å²) in [6.07, 6.45) is -3.89. The first kappa shape index (κ1) is 14.7. The molecule has 1 rings (SSSR count). The molecule has 0 amide bonds. The monoisotopic (exact) mass is 254 g/mol. The average Bonchev–Trinajstić information content (AvgIpc) is 2.26. The Labute approximate surface area is 100 Å². The van der Waals surface area contributed by atoms with Crippen molar-refractivity contribution in [2.75, 3.05) is 40.4 Å². The van der Waals surface area contributed by atoms with Gasteiger partial charge in [-0.2, -0.15) is 13.2 Å². The minimum Gasteiger partial charge on any atom is -0.381 e. The van der Waals surface area contributed by atoms with Gasteiger partial charge in [-0.05, 0) is 20.5 Å². The second kappa shape index (κ2) is 6.56. The zero-order valence-electron chi connectivity index (χ0n) is 10.4. The summed E-state index contributed by atoms with van der Waals surface area (Å²) in [5.74, 6) is 0.270. The van der Waals surface area contributed by atoms with Gasteiger partial charge in [-0.3, -0.25) is 0 Å². The number of hydrogen-bond donors (Lipinski definition) is 1.